The van der Waals surface area contributed by atoms with Crippen LogP contribution in [0.25, 0.3) is 0 Å². The summed E-state index contributed by atoms with van der Waals surface area (Å²) in [6, 6.07) is -4.43. The van der Waals surface area contributed by atoms with E-state index in [9.17, 15) is 28.8 Å². The van der Waals surface area contributed by atoms with Gasteiger partial charge in [-0.05, 0) is 42.9 Å². The molecule has 0 aromatic heterocycles. The van der Waals surface area contributed by atoms with E-state index < -0.39 is 59.1 Å². The summed E-state index contributed by atoms with van der Waals surface area (Å²) in [7, 11) is 3.16. The molecule has 12 nitrogen and oxygen atoms in total. The Kier molecular flexibility index (Phi) is 17.7. The molecule has 12 heteroatoms. The maximum Gasteiger partial charge on any atom is 0.316 e. The fraction of sp³-hybridized carbons (Fsp3) is 0.758. The molecule has 0 aromatic rings. The van der Waals surface area contributed by atoms with Gasteiger partial charge in [0.1, 0.15) is 18.1 Å². The number of amides is 6. The van der Waals surface area contributed by atoms with Crippen LogP contribution in [0.2, 0.25) is 0 Å². The Labute approximate surface area is 270 Å². The smallest absolute Gasteiger partial charge is 0.316 e. The third-order valence-electron chi connectivity index (χ3n) is 7.25. The zero-order valence-electron chi connectivity index (χ0n) is 29.7. The monoisotopic (exact) mass is 636 g/mol. The quantitative estimate of drug-likeness (QED) is 0.180. The Morgan fingerprint density at radius 1 is 0.956 bits per heavy atom. The molecule has 0 aliphatic carbocycles. The number of hydrogen-bond acceptors (Lipinski definition) is 6. The van der Waals surface area contributed by atoms with Crippen molar-refractivity contribution in [3.05, 3.63) is 12.7 Å². The van der Waals surface area contributed by atoms with Gasteiger partial charge >= 0.3 is 6.03 Å². The highest BCUT2D eigenvalue weighted by molar-refractivity contribution is 6.38. The molecule has 1 saturated heterocycles. The lowest BCUT2D eigenvalue weighted by Gasteiger charge is -2.36. The van der Waals surface area contributed by atoms with E-state index in [0.717, 1.165) is 5.92 Å². The van der Waals surface area contributed by atoms with E-state index in [0.29, 0.717) is 19.4 Å². The van der Waals surface area contributed by atoms with E-state index in [1.165, 1.54) is 15.9 Å². The lowest BCUT2D eigenvalue weighted by molar-refractivity contribution is -0.143. The fourth-order valence-corrected chi connectivity index (χ4v) is 4.71. The first-order valence-electron chi connectivity index (χ1n) is 16.0. The van der Waals surface area contributed by atoms with E-state index in [1.54, 1.807) is 41.8 Å². The van der Waals surface area contributed by atoms with Crippen LogP contribution in [0.5, 0.6) is 0 Å². The van der Waals surface area contributed by atoms with Crippen molar-refractivity contribution < 1.29 is 28.8 Å². The third kappa shape index (κ3) is 14.0. The number of ketones is 1. The molecule has 1 aliphatic heterocycles. The van der Waals surface area contributed by atoms with Crippen LogP contribution in [0, 0.1) is 23.2 Å². The number of carbonyl (C=O) groups is 6. The van der Waals surface area contributed by atoms with Gasteiger partial charge in [0.15, 0.2) is 0 Å². The summed E-state index contributed by atoms with van der Waals surface area (Å²) in [5.41, 5.74) is -0.732. The summed E-state index contributed by atoms with van der Waals surface area (Å²) in [6.45, 7) is 23.2. The number of urea groups is 1. The molecule has 5 atom stereocenters. The molecule has 4 N–H and O–H groups in total. The number of likely N-dealkylation sites (N-methyl/N-ethyl adjacent to an activating group) is 1. The van der Waals surface area contributed by atoms with Gasteiger partial charge in [0.2, 0.25) is 23.5 Å². The van der Waals surface area contributed by atoms with Crippen LogP contribution >= 0.6 is 0 Å². The molecule has 0 saturated carbocycles. The lowest BCUT2D eigenvalue weighted by atomic mass is 9.85. The van der Waals surface area contributed by atoms with Crippen molar-refractivity contribution in [3.8, 4) is 0 Å². The minimum absolute atomic E-state index is 0.0121. The van der Waals surface area contributed by atoms with Crippen molar-refractivity contribution in [1.29, 1.82) is 0 Å². The van der Waals surface area contributed by atoms with Gasteiger partial charge in [0.25, 0.3) is 5.91 Å². The topological polar surface area (TPSA) is 157 Å². The van der Waals surface area contributed by atoms with Crippen LogP contribution in [0.3, 0.4) is 0 Å². The highest BCUT2D eigenvalue weighted by Crippen LogP contribution is 2.32. The number of rotatable bonds is 13. The Morgan fingerprint density at radius 3 is 1.96 bits per heavy atom. The zero-order chi connectivity index (χ0) is 35.2. The number of carbonyl (C=O) groups excluding carboxylic acids is 6. The van der Waals surface area contributed by atoms with Gasteiger partial charge in [-0.3, -0.25) is 24.0 Å². The molecule has 6 amide bonds. The summed E-state index contributed by atoms with van der Waals surface area (Å²) in [6.07, 6.45) is 2.64. The Balaban J connectivity index is 0.00000454. The van der Waals surface area contributed by atoms with Crippen LogP contribution in [0.15, 0.2) is 12.7 Å². The van der Waals surface area contributed by atoms with E-state index in [-0.39, 0.29) is 30.7 Å². The van der Waals surface area contributed by atoms with E-state index in [2.05, 4.69) is 48.6 Å². The van der Waals surface area contributed by atoms with Crippen molar-refractivity contribution >= 4 is 35.4 Å². The van der Waals surface area contributed by atoms with Crippen LogP contribution in [-0.4, -0.2) is 96.6 Å². The van der Waals surface area contributed by atoms with Gasteiger partial charge < -0.3 is 31.1 Å². The normalized spacial score (nSPS) is 18.1. The molecule has 0 aromatic carbocycles. The minimum atomic E-state index is -1.04. The first-order valence-corrected chi connectivity index (χ1v) is 16.0. The first kappa shape index (κ1) is 41.6. The van der Waals surface area contributed by atoms with E-state index in [1.807, 2.05) is 20.8 Å². The maximum absolute atomic E-state index is 14.0. The second kappa shape index (κ2) is 19.2. The standard InChI is InChI=1S/C29H50N6O6.C4H10/c1-11-13-20(22(36)25(38)30-14-12-2)32-24(37)21-15-19(17(3)4)16-35(21)27(40)23(29(6,7)8)33-28(41)31-18(5)26(39)34(9)10;1-4(2)3/h12,17-21,23H,2,11,13-16H2,1,3-10H3,(H,30,38)(H,32,37)(H2,31,33,41);4H,1-3H3/t18?,19-,20?,21?,23?;/m1./s1. The zero-order valence-corrected chi connectivity index (χ0v) is 29.7. The molecule has 4 unspecified atom stereocenters. The molecule has 0 radical (unpaired) electrons. The molecule has 1 heterocycles. The van der Waals surface area contributed by atoms with Gasteiger partial charge in [-0.15, -0.1) is 6.58 Å². The number of Topliss-reactive ketones (excluding diaryl/α,β-unsaturated/α-hetero) is 1. The first-order chi connectivity index (χ1) is 20.7. The van der Waals surface area contributed by atoms with Crippen molar-refractivity contribution in [2.45, 2.75) is 113 Å². The van der Waals surface area contributed by atoms with Gasteiger partial charge in [0.05, 0.1) is 6.04 Å². The molecule has 1 aliphatic rings. The third-order valence-corrected chi connectivity index (χ3v) is 7.25. The van der Waals surface area contributed by atoms with Gasteiger partial charge in [-0.2, -0.15) is 0 Å². The molecule has 45 heavy (non-hydrogen) atoms. The SMILES string of the molecule is C=CCNC(=O)C(=O)C(CCC)NC(=O)C1C[C@@H](C(C)C)CN1C(=O)C(NC(=O)NC(C)C(=O)N(C)C)C(C)(C)C.CC(C)C. The second-order valence-electron chi connectivity index (χ2n) is 14.1. The van der Waals surface area contributed by atoms with E-state index >= 15 is 0 Å². The Hall–Kier alpha value is -3.44. The fourth-order valence-electron chi connectivity index (χ4n) is 4.71. The lowest BCUT2D eigenvalue weighted by Crippen LogP contribution is -2.61. The van der Waals surface area contributed by atoms with Crippen LogP contribution in [0.1, 0.15) is 88.5 Å². The number of nitrogens with one attached hydrogen (secondary N) is 4. The predicted molar refractivity (Wildman–Crippen MR) is 177 cm³/mol. The van der Waals surface area contributed by atoms with Crippen LogP contribution in [0.4, 0.5) is 4.79 Å². The van der Waals surface area contributed by atoms with Crippen molar-refractivity contribution in [2.75, 3.05) is 27.2 Å². The molecule has 1 fully saturated rings. The van der Waals surface area contributed by atoms with Crippen LogP contribution in [-0.2, 0) is 24.0 Å². The predicted octanol–water partition coefficient (Wildman–Crippen LogP) is 2.87. The highest BCUT2D eigenvalue weighted by Gasteiger charge is 2.46. The van der Waals surface area contributed by atoms with Crippen molar-refractivity contribution in [3.63, 3.8) is 0 Å². The summed E-state index contributed by atoms with van der Waals surface area (Å²) in [5, 5.41) is 10.5. The Bertz CT molecular complexity index is 1030. The summed E-state index contributed by atoms with van der Waals surface area (Å²) in [4.78, 5) is 80.6. The molecule has 0 bridgehead atoms. The maximum atomic E-state index is 14.0. The average molecular weight is 637 g/mol. The summed E-state index contributed by atoms with van der Waals surface area (Å²) in [5.74, 6) is -1.82. The molecular weight excluding hydrogens is 576 g/mol. The summed E-state index contributed by atoms with van der Waals surface area (Å²) >= 11 is 0. The van der Waals surface area contributed by atoms with Crippen molar-refractivity contribution in [1.82, 2.24) is 31.1 Å². The minimum Gasteiger partial charge on any atom is -0.347 e. The Morgan fingerprint density at radius 2 is 1.51 bits per heavy atom. The number of likely N-dealkylation sites (tertiary alicyclic amines) is 1. The highest BCUT2D eigenvalue weighted by atomic mass is 16.2. The van der Waals surface area contributed by atoms with Gasteiger partial charge in [0, 0.05) is 27.2 Å². The number of nitrogens with zero attached hydrogens (tertiary/aromatic N) is 2. The molecular formula is C33H60N6O6. The number of hydrogen-bond donors (Lipinski definition) is 4. The van der Waals surface area contributed by atoms with Crippen molar-refractivity contribution in [2.24, 2.45) is 23.2 Å². The van der Waals surface area contributed by atoms with Gasteiger partial charge in [-0.1, -0.05) is 74.8 Å². The van der Waals surface area contributed by atoms with Gasteiger partial charge in [-0.25, -0.2) is 4.79 Å². The van der Waals surface area contributed by atoms with E-state index in [4.69, 9.17) is 0 Å². The molecule has 1 rings (SSSR count). The molecule has 258 valence electrons. The second-order valence-corrected chi connectivity index (χ2v) is 14.1. The largest absolute Gasteiger partial charge is 0.347 e. The average Bonchev–Trinajstić information content (AvgIpc) is 3.38. The summed E-state index contributed by atoms with van der Waals surface area (Å²) < 4.78 is 0. The van der Waals surface area contributed by atoms with Crippen LogP contribution < -0.4 is 21.3 Å². The molecule has 0 spiro atoms.